The van der Waals surface area contributed by atoms with Crippen molar-refractivity contribution in [2.24, 2.45) is 5.92 Å². The van der Waals surface area contributed by atoms with E-state index < -0.39 is 0 Å². The molecule has 0 aromatic carbocycles. The number of rotatable bonds is 7. The summed E-state index contributed by atoms with van der Waals surface area (Å²) in [5.41, 5.74) is 0. The third-order valence-electron chi connectivity index (χ3n) is 2.89. The monoisotopic (exact) mass is 243 g/mol. The molecule has 0 bridgehead atoms. The Bertz CT molecular complexity index is 249. The fraction of sp³-hybridized carbons (Fsp3) is 0.833. The van der Waals surface area contributed by atoms with E-state index in [1.807, 2.05) is 0 Å². The van der Waals surface area contributed by atoms with Gasteiger partial charge in [-0.2, -0.15) is 0 Å². The van der Waals surface area contributed by atoms with Crippen LogP contribution in [0, 0.1) is 5.92 Å². The lowest BCUT2D eigenvalue weighted by Gasteiger charge is -2.08. The zero-order valence-electron chi connectivity index (χ0n) is 10.4. The summed E-state index contributed by atoms with van der Waals surface area (Å²) in [5.74, 6) is -0.0438. The summed E-state index contributed by atoms with van der Waals surface area (Å²) >= 11 is 0. The van der Waals surface area contributed by atoms with Gasteiger partial charge < -0.3 is 14.8 Å². The number of hydrogen-bond acceptors (Lipinski definition) is 4. The maximum atomic E-state index is 11.6. The average Bonchev–Trinajstić information content (AvgIpc) is 2.86. The van der Waals surface area contributed by atoms with Crippen molar-refractivity contribution < 1.29 is 19.1 Å². The molecule has 5 heteroatoms. The smallest absolute Gasteiger partial charge is 0.305 e. The zero-order chi connectivity index (χ0) is 12.5. The summed E-state index contributed by atoms with van der Waals surface area (Å²) in [5, 5.41) is 2.89. The standard InChI is InChI=1S/C12H21NO4/c1-16-11(14)5-3-2-4-7-13-12(15)10-6-8-17-9-10/h10H,2-9H2,1H3,(H,13,15). The van der Waals surface area contributed by atoms with Gasteiger partial charge in [0.25, 0.3) is 0 Å². The topological polar surface area (TPSA) is 64.6 Å². The maximum absolute atomic E-state index is 11.6. The molecule has 98 valence electrons. The largest absolute Gasteiger partial charge is 0.469 e. The minimum atomic E-state index is -0.169. The SMILES string of the molecule is COC(=O)CCCCCNC(=O)C1CCOC1. The van der Waals surface area contributed by atoms with E-state index in [-0.39, 0.29) is 17.8 Å². The second-order valence-electron chi connectivity index (χ2n) is 4.24. The van der Waals surface area contributed by atoms with Gasteiger partial charge in [-0.15, -0.1) is 0 Å². The summed E-state index contributed by atoms with van der Waals surface area (Å²) < 4.78 is 9.69. The van der Waals surface area contributed by atoms with Crippen LogP contribution in [0.25, 0.3) is 0 Å². The fourth-order valence-electron chi connectivity index (χ4n) is 1.77. The quantitative estimate of drug-likeness (QED) is 0.532. The Balaban J connectivity index is 1.93. The van der Waals surface area contributed by atoms with Gasteiger partial charge in [0.2, 0.25) is 5.91 Å². The van der Waals surface area contributed by atoms with Gasteiger partial charge in [-0.1, -0.05) is 6.42 Å². The minimum absolute atomic E-state index is 0.0325. The Labute approximate surface area is 102 Å². The van der Waals surface area contributed by atoms with Crippen LogP contribution in [0.3, 0.4) is 0 Å². The molecule has 0 aromatic rings. The molecule has 5 nitrogen and oxygen atoms in total. The highest BCUT2D eigenvalue weighted by Crippen LogP contribution is 2.11. The highest BCUT2D eigenvalue weighted by Gasteiger charge is 2.22. The molecule has 1 N–H and O–H groups in total. The Hall–Kier alpha value is -1.10. The molecule has 1 unspecified atom stereocenters. The number of nitrogens with one attached hydrogen (secondary N) is 1. The lowest BCUT2D eigenvalue weighted by atomic mass is 10.1. The molecule has 1 aliphatic rings. The summed E-state index contributed by atoms with van der Waals surface area (Å²) in [7, 11) is 1.40. The second-order valence-corrected chi connectivity index (χ2v) is 4.24. The van der Waals surface area contributed by atoms with Crippen molar-refractivity contribution in [3.63, 3.8) is 0 Å². The van der Waals surface area contributed by atoms with Gasteiger partial charge >= 0.3 is 5.97 Å². The lowest BCUT2D eigenvalue weighted by Crippen LogP contribution is -2.31. The van der Waals surface area contributed by atoms with Crippen LogP contribution in [0.15, 0.2) is 0 Å². The number of carbonyl (C=O) groups excluding carboxylic acids is 2. The van der Waals surface area contributed by atoms with Crippen molar-refractivity contribution in [2.75, 3.05) is 26.9 Å². The third kappa shape index (κ3) is 5.68. The van der Waals surface area contributed by atoms with Crippen LogP contribution in [0.2, 0.25) is 0 Å². The number of methoxy groups -OCH3 is 1. The molecule has 0 aliphatic carbocycles. The zero-order valence-corrected chi connectivity index (χ0v) is 10.4. The fourth-order valence-corrected chi connectivity index (χ4v) is 1.77. The van der Waals surface area contributed by atoms with Crippen LogP contribution in [0.5, 0.6) is 0 Å². The predicted molar refractivity (Wildman–Crippen MR) is 62.4 cm³/mol. The first-order valence-corrected chi connectivity index (χ1v) is 6.16. The molecule has 0 saturated carbocycles. The van der Waals surface area contributed by atoms with E-state index in [2.05, 4.69) is 10.1 Å². The number of esters is 1. The van der Waals surface area contributed by atoms with Crippen LogP contribution in [-0.2, 0) is 19.1 Å². The predicted octanol–water partition coefficient (Wildman–Crippen LogP) is 0.872. The lowest BCUT2D eigenvalue weighted by molar-refractivity contribution is -0.140. The number of ether oxygens (including phenoxy) is 2. The molecule has 1 atom stereocenters. The van der Waals surface area contributed by atoms with Crippen molar-refractivity contribution in [2.45, 2.75) is 32.1 Å². The normalized spacial score (nSPS) is 19.0. The number of carbonyl (C=O) groups is 2. The minimum Gasteiger partial charge on any atom is -0.469 e. The van der Waals surface area contributed by atoms with Gasteiger partial charge in [0.05, 0.1) is 19.6 Å². The Morgan fingerprint density at radius 3 is 2.82 bits per heavy atom. The Kier molecular flexibility index (Phi) is 6.62. The van der Waals surface area contributed by atoms with Crippen LogP contribution >= 0.6 is 0 Å². The molecule has 0 spiro atoms. The van der Waals surface area contributed by atoms with Gasteiger partial charge in [0, 0.05) is 19.6 Å². The first-order valence-electron chi connectivity index (χ1n) is 6.16. The van der Waals surface area contributed by atoms with Crippen molar-refractivity contribution in [3.8, 4) is 0 Å². The third-order valence-corrected chi connectivity index (χ3v) is 2.89. The van der Waals surface area contributed by atoms with Crippen molar-refractivity contribution in [1.82, 2.24) is 5.32 Å². The van der Waals surface area contributed by atoms with Crippen molar-refractivity contribution >= 4 is 11.9 Å². The molecule has 1 fully saturated rings. The van der Waals surface area contributed by atoms with Gasteiger partial charge in [-0.05, 0) is 19.3 Å². The van der Waals surface area contributed by atoms with Gasteiger partial charge in [-0.3, -0.25) is 9.59 Å². The van der Waals surface area contributed by atoms with Crippen LogP contribution in [0.4, 0.5) is 0 Å². The highest BCUT2D eigenvalue weighted by atomic mass is 16.5. The van der Waals surface area contributed by atoms with Crippen LogP contribution in [-0.4, -0.2) is 38.7 Å². The molecule has 1 heterocycles. The summed E-state index contributed by atoms with van der Waals surface area (Å²) in [4.78, 5) is 22.4. The Morgan fingerprint density at radius 1 is 1.35 bits per heavy atom. The molecule has 1 saturated heterocycles. The second kappa shape index (κ2) is 8.06. The summed E-state index contributed by atoms with van der Waals surface area (Å²) in [6, 6.07) is 0. The van der Waals surface area contributed by atoms with E-state index in [0.29, 0.717) is 26.2 Å². The molecule has 17 heavy (non-hydrogen) atoms. The molecule has 0 aromatic heterocycles. The van der Waals surface area contributed by atoms with E-state index >= 15 is 0 Å². The van der Waals surface area contributed by atoms with E-state index in [0.717, 1.165) is 25.7 Å². The van der Waals surface area contributed by atoms with E-state index in [1.165, 1.54) is 7.11 Å². The van der Waals surface area contributed by atoms with Crippen molar-refractivity contribution in [3.05, 3.63) is 0 Å². The molecular weight excluding hydrogens is 222 g/mol. The first-order chi connectivity index (χ1) is 8.24. The molecule has 0 radical (unpaired) electrons. The van der Waals surface area contributed by atoms with E-state index in [9.17, 15) is 9.59 Å². The van der Waals surface area contributed by atoms with Crippen LogP contribution in [0.1, 0.15) is 32.1 Å². The first kappa shape index (κ1) is 14.0. The van der Waals surface area contributed by atoms with E-state index in [1.54, 1.807) is 0 Å². The molecular formula is C12H21NO4. The summed E-state index contributed by atoms with van der Waals surface area (Å²) in [6.07, 6.45) is 3.93. The van der Waals surface area contributed by atoms with Crippen LogP contribution < -0.4 is 5.32 Å². The van der Waals surface area contributed by atoms with E-state index in [4.69, 9.17) is 4.74 Å². The maximum Gasteiger partial charge on any atom is 0.305 e. The van der Waals surface area contributed by atoms with Gasteiger partial charge in [0.15, 0.2) is 0 Å². The molecule has 1 rings (SSSR count). The number of hydrogen-bond donors (Lipinski definition) is 1. The average molecular weight is 243 g/mol. The highest BCUT2D eigenvalue weighted by molar-refractivity contribution is 5.78. The van der Waals surface area contributed by atoms with Gasteiger partial charge in [-0.25, -0.2) is 0 Å². The molecule has 1 amide bonds. The number of amides is 1. The summed E-state index contributed by atoms with van der Waals surface area (Å²) in [6.45, 7) is 1.92. The Morgan fingerprint density at radius 2 is 2.18 bits per heavy atom. The van der Waals surface area contributed by atoms with Crippen molar-refractivity contribution in [1.29, 1.82) is 0 Å². The van der Waals surface area contributed by atoms with Gasteiger partial charge in [0.1, 0.15) is 0 Å². The molecule has 1 aliphatic heterocycles. The number of unbranched alkanes of at least 4 members (excludes halogenated alkanes) is 2.